The summed E-state index contributed by atoms with van der Waals surface area (Å²) in [6.07, 6.45) is -0.472. The maximum absolute atomic E-state index is 13.2. The van der Waals surface area contributed by atoms with Crippen LogP contribution in [-0.2, 0) is 0 Å². The number of hydrogen-bond donors (Lipinski definition) is 2. The summed E-state index contributed by atoms with van der Waals surface area (Å²) in [5, 5.41) is 9.53. The van der Waals surface area contributed by atoms with Crippen molar-refractivity contribution in [3.63, 3.8) is 0 Å². The first-order valence-corrected chi connectivity index (χ1v) is 4.78. The molecule has 0 heterocycles. The number of rotatable bonds is 3. The van der Waals surface area contributed by atoms with E-state index >= 15 is 0 Å². The van der Waals surface area contributed by atoms with Gasteiger partial charge in [-0.25, -0.2) is 4.39 Å². The van der Waals surface area contributed by atoms with E-state index in [9.17, 15) is 9.50 Å². The van der Waals surface area contributed by atoms with Gasteiger partial charge in [-0.05, 0) is 25.1 Å². The molecular weight excluding hydrogens is 237 g/mol. The van der Waals surface area contributed by atoms with Crippen LogP contribution in [0.2, 0.25) is 0 Å². The molecular formula is C9H11BrFNO. The van der Waals surface area contributed by atoms with Gasteiger partial charge in [0, 0.05) is 10.0 Å². The molecule has 0 saturated carbocycles. The van der Waals surface area contributed by atoms with E-state index in [1.165, 1.54) is 6.07 Å². The van der Waals surface area contributed by atoms with Crippen LogP contribution in [0.15, 0.2) is 22.7 Å². The van der Waals surface area contributed by atoms with Gasteiger partial charge in [-0.3, -0.25) is 0 Å². The molecule has 1 aromatic rings. The number of benzene rings is 1. The number of aliphatic hydroxyl groups excluding tert-OH is 1. The first kappa shape index (κ1) is 10.6. The Morgan fingerprint density at radius 2 is 2.23 bits per heavy atom. The predicted octanol–water partition coefficient (Wildman–Crippen LogP) is 1.97. The Bertz CT molecular complexity index is 273. The molecule has 0 bridgehead atoms. The molecule has 1 aromatic carbocycles. The highest BCUT2D eigenvalue weighted by atomic mass is 79.9. The van der Waals surface area contributed by atoms with Crippen molar-refractivity contribution in [1.29, 1.82) is 0 Å². The summed E-state index contributed by atoms with van der Waals surface area (Å²) in [7, 11) is 0. The van der Waals surface area contributed by atoms with E-state index in [2.05, 4.69) is 15.9 Å². The summed E-state index contributed by atoms with van der Waals surface area (Å²) in [6.45, 7) is 0.335. The van der Waals surface area contributed by atoms with E-state index in [0.29, 0.717) is 17.4 Å². The van der Waals surface area contributed by atoms with Crippen molar-refractivity contribution in [2.24, 2.45) is 5.73 Å². The summed E-state index contributed by atoms with van der Waals surface area (Å²) >= 11 is 3.18. The molecule has 0 fully saturated rings. The molecule has 1 rings (SSSR count). The quantitative estimate of drug-likeness (QED) is 0.858. The van der Waals surface area contributed by atoms with Crippen molar-refractivity contribution in [3.05, 3.63) is 34.1 Å². The average Bonchev–Trinajstić information content (AvgIpc) is 2.04. The van der Waals surface area contributed by atoms with Gasteiger partial charge in [0.15, 0.2) is 0 Å². The molecule has 0 aromatic heterocycles. The van der Waals surface area contributed by atoms with Crippen molar-refractivity contribution in [2.75, 3.05) is 6.54 Å². The normalized spacial score (nSPS) is 12.9. The predicted molar refractivity (Wildman–Crippen MR) is 52.7 cm³/mol. The fourth-order valence-electron chi connectivity index (χ4n) is 1.13. The molecule has 2 nitrogen and oxygen atoms in total. The monoisotopic (exact) mass is 247 g/mol. The van der Waals surface area contributed by atoms with Crippen LogP contribution in [0.25, 0.3) is 0 Å². The smallest absolute Gasteiger partial charge is 0.130 e. The lowest BCUT2D eigenvalue weighted by molar-refractivity contribution is 0.165. The van der Waals surface area contributed by atoms with E-state index in [0.717, 1.165) is 0 Å². The third kappa shape index (κ3) is 2.49. The van der Waals surface area contributed by atoms with Gasteiger partial charge in [-0.15, -0.1) is 0 Å². The molecule has 72 valence electrons. The fourth-order valence-corrected chi connectivity index (χ4v) is 1.74. The Labute approximate surface area is 84.7 Å². The number of hydrogen-bond acceptors (Lipinski definition) is 2. The SMILES string of the molecule is NCC[C@@H](O)c1c(F)cccc1Br. The molecule has 0 aliphatic carbocycles. The Balaban J connectivity index is 2.98. The molecule has 0 spiro atoms. The Kier molecular flexibility index (Phi) is 3.84. The van der Waals surface area contributed by atoms with Crippen molar-refractivity contribution in [3.8, 4) is 0 Å². The van der Waals surface area contributed by atoms with Crippen LogP contribution in [0.3, 0.4) is 0 Å². The van der Waals surface area contributed by atoms with Crippen LogP contribution < -0.4 is 5.73 Å². The third-order valence-corrected chi connectivity index (χ3v) is 2.46. The first-order chi connectivity index (χ1) is 6.16. The summed E-state index contributed by atoms with van der Waals surface area (Å²) in [5.74, 6) is -0.407. The topological polar surface area (TPSA) is 46.2 Å². The van der Waals surface area contributed by atoms with Gasteiger partial charge in [-0.2, -0.15) is 0 Å². The van der Waals surface area contributed by atoms with E-state index in [4.69, 9.17) is 5.73 Å². The molecule has 0 aliphatic heterocycles. The maximum atomic E-state index is 13.2. The second kappa shape index (κ2) is 4.69. The van der Waals surface area contributed by atoms with Gasteiger partial charge in [0.1, 0.15) is 5.82 Å². The van der Waals surface area contributed by atoms with Crippen molar-refractivity contribution < 1.29 is 9.50 Å². The summed E-state index contributed by atoms with van der Waals surface area (Å²) in [5.41, 5.74) is 5.55. The third-order valence-electron chi connectivity index (χ3n) is 1.77. The molecule has 3 N–H and O–H groups in total. The molecule has 0 aliphatic rings. The zero-order valence-electron chi connectivity index (χ0n) is 7.00. The standard InChI is InChI=1S/C9H11BrFNO/c10-6-2-1-3-7(11)9(6)8(13)4-5-12/h1-3,8,13H,4-5,12H2/t8-/m1/s1. The lowest BCUT2D eigenvalue weighted by Crippen LogP contribution is -2.08. The fraction of sp³-hybridized carbons (Fsp3) is 0.333. The van der Waals surface area contributed by atoms with Gasteiger partial charge in [0.05, 0.1) is 6.10 Å². The average molecular weight is 248 g/mol. The molecule has 0 saturated heterocycles. The van der Waals surface area contributed by atoms with Gasteiger partial charge in [0.2, 0.25) is 0 Å². The minimum absolute atomic E-state index is 0.285. The van der Waals surface area contributed by atoms with Crippen LogP contribution in [-0.4, -0.2) is 11.7 Å². The van der Waals surface area contributed by atoms with Gasteiger partial charge >= 0.3 is 0 Å². The highest BCUT2D eigenvalue weighted by molar-refractivity contribution is 9.10. The number of aliphatic hydroxyl groups is 1. The summed E-state index contributed by atoms with van der Waals surface area (Å²) in [4.78, 5) is 0. The van der Waals surface area contributed by atoms with Crippen LogP contribution in [0, 0.1) is 5.82 Å². The minimum atomic E-state index is -0.833. The molecule has 0 unspecified atom stereocenters. The van der Waals surface area contributed by atoms with Crippen LogP contribution >= 0.6 is 15.9 Å². The van der Waals surface area contributed by atoms with E-state index in [-0.39, 0.29) is 5.56 Å². The first-order valence-electron chi connectivity index (χ1n) is 3.99. The second-order valence-electron chi connectivity index (χ2n) is 2.73. The lowest BCUT2D eigenvalue weighted by atomic mass is 10.1. The van der Waals surface area contributed by atoms with Crippen molar-refractivity contribution >= 4 is 15.9 Å². The van der Waals surface area contributed by atoms with Crippen LogP contribution in [0.5, 0.6) is 0 Å². The molecule has 1 atom stereocenters. The Morgan fingerprint density at radius 1 is 1.54 bits per heavy atom. The van der Waals surface area contributed by atoms with E-state index in [1.54, 1.807) is 12.1 Å². The van der Waals surface area contributed by atoms with Gasteiger partial charge in [0.25, 0.3) is 0 Å². The van der Waals surface area contributed by atoms with E-state index < -0.39 is 11.9 Å². The zero-order chi connectivity index (χ0) is 9.84. The molecule has 0 radical (unpaired) electrons. The van der Waals surface area contributed by atoms with Crippen LogP contribution in [0.4, 0.5) is 4.39 Å². The second-order valence-corrected chi connectivity index (χ2v) is 3.58. The highest BCUT2D eigenvalue weighted by Crippen LogP contribution is 2.27. The van der Waals surface area contributed by atoms with Gasteiger partial charge in [-0.1, -0.05) is 22.0 Å². The zero-order valence-corrected chi connectivity index (χ0v) is 8.59. The number of halogens is 2. The summed E-state index contributed by atoms with van der Waals surface area (Å²) < 4.78 is 13.8. The molecule has 0 amide bonds. The maximum Gasteiger partial charge on any atom is 0.130 e. The highest BCUT2D eigenvalue weighted by Gasteiger charge is 2.14. The lowest BCUT2D eigenvalue weighted by Gasteiger charge is -2.12. The van der Waals surface area contributed by atoms with Crippen molar-refractivity contribution in [1.82, 2.24) is 0 Å². The Morgan fingerprint density at radius 3 is 2.77 bits per heavy atom. The largest absolute Gasteiger partial charge is 0.388 e. The summed E-state index contributed by atoms with van der Waals surface area (Å²) in [6, 6.07) is 4.59. The minimum Gasteiger partial charge on any atom is -0.388 e. The van der Waals surface area contributed by atoms with Gasteiger partial charge < -0.3 is 10.8 Å². The van der Waals surface area contributed by atoms with Crippen LogP contribution in [0.1, 0.15) is 18.1 Å². The number of nitrogens with two attached hydrogens (primary N) is 1. The Hall–Kier alpha value is -0.450. The molecule has 4 heteroatoms. The van der Waals surface area contributed by atoms with Crippen molar-refractivity contribution in [2.45, 2.75) is 12.5 Å². The molecule has 13 heavy (non-hydrogen) atoms. The van der Waals surface area contributed by atoms with E-state index in [1.807, 2.05) is 0 Å².